The van der Waals surface area contributed by atoms with Crippen LogP contribution in [0.3, 0.4) is 0 Å². The van der Waals surface area contributed by atoms with Gasteiger partial charge >= 0.3 is 0 Å². The van der Waals surface area contributed by atoms with Crippen molar-refractivity contribution in [2.75, 3.05) is 5.73 Å². The zero-order valence-corrected chi connectivity index (χ0v) is 6.03. The van der Waals surface area contributed by atoms with Crippen LogP contribution in [0, 0.1) is 0 Å². The summed E-state index contributed by atoms with van der Waals surface area (Å²) >= 11 is 0. The maximum atomic E-state index is 5.31. The lowest BCUT2D eigenvalue weighted by Gasteiger charge is -1.79. The number of anilines is 1. The zero-order valence-electron chi connectivity index (χ0n) is 5.22. The largest absolute Gasteiger partial charge is 0.382 e. The summed E-state index contributed by atoms with van der Waals surface area (Å²) < 4.78 is 0. The Morgan fingerprint density at radius 3 is 2.67 bits per heavy atom. The predicted molar refractivity (Wildman–Crippen MR) is 39.6 cm³/mol. The van der Waals surface area contributed by atoms with Gasteiger partial charge in [-0.05, 0) is 6.42 Å². The minimum Gasteiger partial charge on any atom is -0.382 e. The van der Waals surface area contributed by atoms with E-state index in [4.69, 9.17) is 5.73 Å². The molecule has 1 rings (SSSR count). The van der Waals surface area contributed by atoms with E-state index in [9.17, 15) is 0 Å². The SMILES string of the molecule is CCc1cc(N)n[nH]1.Cl. The fraction of sp³-hybridized carbons (Fsp3) is 0.400. The van der Waals surface area contributed by atoms with Gasteiger partial charge in [0.2, 0.25) is 0 Å². The van der Waals surface area contributed by atoms with E-state index in [1.807, 2.05) is 13.0 Å². The minimum absolute atomic E-state index is 0. The van der Waals surface area contributed by atoms with E-state index in [1.165, 1.54) is 0 Å². The number of aromatic amines is 1. The van der Waals surface area contributed by atoms with Gasteiger partial charge in [0, 0.05) is 11.8 Å². The summed E-state index contributed by atoms with van der Waals surface area (Å²) in [5, 5.41) is 6.52. The number of rotatable bonds is 1. The summed E-state index contributed by atoms with van der Waals surface area (Å²) in [6.07, 6.45) is 0.962. The molecular formula is C5H10ClN3. The summed E-state index contributed by atoms with van der Waals surface area (Å²) in [6, 6.07) is 1.83. The van der Waals surface area contributed by atoms with Crippen LogP contribution in [-0.2, 0) is 6.42 Å². The molecule has 0 fully saturated rings. The van der Waals surface area contributed by atoms with Gasteiger partial charge in [-0.15, -0.1) is 12.4 Å². The number of hydrogen-bond acceptors (Lipinski definition) is 2. The molecule has 0 amide bonds. The second kappa shape index (κ2) is 3.35. The third-order valence-corrected chi connectivity index (χ3v) is 1.03. The Bertz CT molecular complexity index is 172. The van der Waals surface area contributed by atoms with Crippen molar-refractivity contribution in [1.29, 1.82) is 0 Å². The highest BCUT2D eigenvalue weighted by atomic mass is 35.5. The molecule has 0 aliphatic carbocycles. The average molecular weight is 148 g/mol. The maximum Gasteiger partial charge on any atom is 0.145 e. The van der Waals surface area contributed by atoms with E-state index in [1.54, 1.807) is 0 Å². The van der Waals surface area contributed by atoms with Crippen LogP contribution in [0.15, 0.2) is 6.07 Å². The van der Waals surface area contributed by atoms with Crippen LogP contribution < -0.4 is 5.73 Å². The minimum atomic E-state index is 0. The van der Waals surface area contributed by atoms with Gasteiger partial charge in [0.1, 0.15) is 5.82 Å². The number of nitrogen functional groups attached to an aromatic ring is 1. The van der Waals surface area contributed by atoms with E-state index in [-0.39, 0.29) is 12.4 Å². The van der Waals surface area contributed by atoms with Crippen molar-refractivity contribution in [2.24, 2.45) is 0 Å². The number of nitrogens with one attached hydrogen (secondary N) is 1. The summed E-state index contributed by atoms with van der Waals surface area (Å²) in [6.45, 7) is 2.05. The molecule has 0 aliphatic rings. The molecule has 0 saturated carbocycles. The molecule has 0 atom stereocenters. The third kappa shape index (κ3) is 1.93. The lowest BCUT2D eigenvalue weighted by atomic mass is 10.3. The van der Waals surface area contributed by atoms with Crippen molar-refractivity contribution < 1.29 is 0 Å². The second-order valence-corrected chi connectivity index (χ2v) is 1.67. The van der Waals surface area contributed by atoms with Crippen molar-refractivity contribution in [3.05, 3.63) is 11.8 Å². The molecule has 0 saturated heterocycles. The molecule has 0 aliphatic heterocycles. The molecule has 9 heavy (non-hydrogen) atoms. The first kappa shape index (κ1) is 8.30. The molecule has 3 nitrogen and oxygen atoms in total. The Morgan fingerprint density at radius 2 is 2.44 bits per heavy atom. The molecule has 52 valence electrons. The molecule has 0 radical (unpaired) electrons. The molecule has 0 bridgehead atoms. The lowest BCUT2D eigenvalue weighted by molar-refractivity contribution is 0.977. The van der Waals surface area contributed by atoms with Crippen LogP contribution in [0.2, 0.25) is 0 Å². The van der Waals surface area contributed by atoms with Gasteiger partial charge < -0.3 is 5.73 Å². The highest BCUT2D eigenvalue weighted by Gasteiger charge is 1.90. The molecule has 1 aromatic heterocycles. The molecule has 3 N–H and O–H groups in total. The van der Waals surface area contributed by atoms with Crippen LogP contribution in [-0.4, -0.2) is 10.2 Å². The Hall–Kier alpha value is -0.700. The van der Waals surface area contributed by atoms with Crippen LogP contribution in [0.4, 0.5) is 5.82 Å². The Labute approximate surface area is 60.1 Å². The Kier molecular flexibility index (Phi) is 3.09. The number of H-pyrrole nitrogens is 1. The first-order valence-corrected chi connectivity index (χ1v) is 2.62. The number of halogens is 1. The number of nitrogens with zero attached hydrogens (tertiary/aromatic N) is 1. The van der Waals surface area contributed by atoms with Crippen molar-refractivity contribution in [2.45, 2.75) is 13.3 Å². The quantitative estimate of drug-likeness (QED) is 0.622. The van der Waals surface area contributed by atoms with Gasteiger partial charge in [-0.25, -0.2) is 0 Å². The topological polar surface area (TPSA) is 54.7 Å². The van der Waals surface area contributed by atoms with E-state index >= 15 is 0 Å². The number of aryl methyl sites for hydroxylation is 1. The lowest BCUT2D eigenvalue weighted by Crippen LogP contribution is -1.81. The monoisotopic (exact) mass is 147 g/mol. The fourth-order valence-electron chi connectivity index (χ4n) is 0.561. The summed E-state index contributed by atoms with van der Waals surface area (Å²) in [5.74, 6) is 0.571. The van der Waals surface area contributed by atoms with E-state index in [0.717, 1.165) is 12.1 Å². The molecule has 1 heterocycles. The van der Waals surface area contributed by atoms with Gasteiger partial charge in [0.15, 0.2) is 0 Å². The molecule has 1 aromatic rings. The highest BCUT2D eigenvalue weighted by molar-refractivity contribution is 5.85. The molecule has 0 aromatic carbocycles. The van der Waals surface area contributed by atoms with Crippen LogP contribution >= 0.6 is 12.4 Å². The van der Waals surface area contributed by atoms with Gasteiger partial charge in [-0.1, -0.05) is 6.92 Å². The fourth-order valence-corrected chi connectivity index (χ4v) is 0.561. The second-order valence-electron chi connectivity index (χ2n) is 1.67. The van der Waals surface area contributed by atoms with Crippen molar-refractivity contribution in [1.82, 2.24) is 10.2 Å². The van der Waals surface area contributed by atoms with Crippen LogP contribution in [0.25, 0.3) is 0 Å². The zero-order chi connectivity index (χ0) is 5.98. The number of aromatic nitrogens is 2. The Balaban J connectivity index is 0.000000640. The molecular weight excluding hydrogens is 138 g/mol. The predicted octanol–water partition coefficient (Wildman–Crippen LogP) is 0.976. The summed E-state index contributed by atoms with van der Waals surface area (Å²) in [4.78, 5) is 0. The maximum absolute atomic E-state index is 5.31. The van der Waals surface area contributed by atoms with E-state index < -0.39 is 0 Å². The van der Waals surface area contributed by atoms with E-state index in [0.29, 0.717) is 5.82 Å². The van der Waals surface area contributed by atoms with Gasteiger partial charge in [-0.3, -0.25) is 5.10 Å². The van der Waals surface area contributed by atoms with Crippen LogP contribution in [0.5, 0.6) is 0 Å². The normalized spacial score (nSPS) is 8.56. The first-order valence-electron chi connectivity index (χ1n) is 2.62. The molecule has 4 heteroatoms. The third-order valence-electron chi connectivity index (χ3n) is 1.03. The van der Waals surface area contributed by atoms with Gasteiger partial charge in [0.05, 0.1) is 0 Å². The van der Waals surface area contributed by atoms with Crippen LogP contribution in [0.1, 0.15) is 12.6 Å². The standard InChI is InChI=1S/C5H9N3.ClH/c1-2-4-3-5(6)8-7-4;/h3H,2H2,1H3,(H3,6,7,8);1H. The van der Waals surface area contributed by atoms with Crippen molar-refractivity contribution in [3.8, 4) is 0 Å². The van der Waals surface area contributed by atoms with Gasteiger partial charge in [-0.2, -0.15) is 5.10 Å². The molecule has 0 spiro atoms. The van der Waals surface area contributed by atoms with Crippen molar-refractivity contribution in [3.63, 3.8) is 0 Å². The number of hydrogen-bond donors (Lipinski definition) is 2. The summed E-state index contributed by atoms with van der Waals surface area (Å²) in [5.41, 5.74) is 6.40. The highest BCUT2D eigenvalue weighted by Crippen LogP contribution is 1.98. The average Bonchev–Trinajstić information content (AvgIpc) is 2.14. The first-order chi connectivity index (χ1) is 3.83. The smallest absolute Gasteiger partial charge is 0.145 e. The van der Waals surface area contributed by atoms with E-state index in [2.05, 4.69) is 10.2 Å². The summed E-state index contributed by atoms with van der Waals surface area (Å²) in [7, 11) is 0. The number of nitrogens with two attached hydrogens (primary N) is 1. The van der Waals surface area contributed by atoms with Gasteiger partial charge in [0.25, 0.3) is 0 Å². The van der Waals surface area contributed by atoms with Crippen molar-refractivity contribution >= 4 is 18.2 Å². The molecule has 0 unspecified atom stereocenters. The Morgan fingerprint density at radius 1 is 1.78 bits per heavy atom.